The Morgan fingerprint density at radius 3 is 1.30 bits per heavy atom. The van der Waals surface area contributed by atoms with Crippen LogP contribution in [0.4, 0.5) is 21.0 Å². The number of amides is 2. The van der Waals surface area contributed by atoms with Crippen LogP contribution in [-0.4, -0.2) is 109 Å². The molecular weight excluding hydrogens is 688 g/mol. The van der Waals surface area contributed by atoms with Crippen molar-refractivity contribution >= 4 is 57.0 Å². The number of nitrogens with zero attached hydrogens (tertiary/aromatic N) is 4. The van der Waals surface area contributed by atoms with Gasteiger partial charge in [0.2, 0.25) is 0 Å². The molecule has 0 spiro atoms. The SMILES string of the molecule is CC(C)(C)OC(=O)N1CCN(c2ccc(C(=O)O)c3ccccc23)CC1.CCOC(=O)c1ccc(N2CCN(C(=O)OC(C)(C)C)CC2)c2ccccc12. The summed E-state index contributed by atoms with van der Waals surface area (Å²) in [4.78, 5) is 56.1. The van der Waals surface area contributed by atoms with E-state index in [0.29, 0.717) is 70.1 Å². The van der Waals surface area contributed by atoms with E-state index in [1.54, 1.807) is 22.8 Å². The smallest absolute Gasteiger partial charge is 0.410 e. The Labute approximate surface area is 317 Å². The second-order valence-electron chi connectivity index (χ2n) is 15.3. The van der Waals surface area contributed by atoms with Crippen molar-refractivity contribution in [1.29, 1.82) is 0 Å². The summed E-state index contributed by atoms with van der Waals surface area (Å²) in [7, 11) is 0. The molecule has 4 aromatic rings. The highest BCUT2D eigenvalue weighted by atomic mass is 16.6. The summed E-state index contributed by atoms with van der Waals surface area (Å²) in [5.74, 6) is -1.23. The lowest BCUT2D eigenvalue weighted by atomic mass is 10.0. The molecule has 54 heavy (non-hydrogen) atoms. The quantitative estimate of drug-likeness (QED) is 0.161. The maximum Gasteiger partial charge on any atom is 0.410 e. The number of fused-ring (bicyclic) bond motifs is 2. The largest absolute Gasteiger partial charge is 0.478 e. The van der Waals surface area contributed by atoms with Gasteiger partial charge in [0.25, 0.3) is 0 Å². The molecule has 0 bridgehead atoms. The van der Waals surface area contributed by atoms with Gasteiger partial charge >= 0.3 is 24.1 Å². The number of piperazine rings is 2. The van der Waals surface area contributed by atoms with Crippen molar-refractivity contribution in [3.8, 4) is 0 Å². The molecule has 2 aliphatic rings. The van der Waals surface area contributed by atoms with Crippen LogP contribution in [0.2, 0.25) is 0 Å². The highest BCUT2D eigenvalue weighted by Crippen LogP contribution is 2.32. The molecule has 12 nitrogen and oxygen atoms in total. The van der Waals surface area contributed by atoms with E-state index >= 15 is 0 Å². The van der Waals surface area contributed by atoms with Gasteiger partial charge in [0.1, 0.15) is 11.2 Å². The lowest BCUT2D eigenvalue weighted by Gasteiger charge is -2.37. The van der Waals surface area contributed by atoms with Crippen LogP contribution in [0.15, 0.2) is 72.8 Å². The van der Waals surface area contributed by atoms with Gasteiger partial charge in [0.05, 0.1) is 17.7 Å². The number of rotatable bonds is 5. The van der Waals surface area contributed by atoms with E-state index in [2.05, 4.69) is 9.80 Å². The van der Waals surface area contributed by atoms with Crippen LogP contribution in [0, 0.1) is 0 Å². The Morgan fingerprint density at radius 2 is 0.926 bits per heavy atom. The molecule has 4 aromatic carbocycles. The minimum Gasteiger partial charge on any atom is -0.478 e. The van der Waals surface area contributed by atoms with Crippen molar-refractivity contribution in [1.82, 2.24) is 9.80 Å². The minimum absolute atomic E-state index is 0.269. The average molecular weight is 741 g/mol. The predicted octanol–water partition coefficient (Wildman–Crippen LogP) is 7.67. The zero-order valence-corrected chi connectivity index (χ0v) is 32.4. The minimum atomic E-state index is -0.928. The number of carbonyl (C=O) groups is 4. The first-order valence-electron chi connectivity index (χ1n) is 18.5. The van der Waals surface area contributed by atoms with Gasteiger partial charge < -0.3 is 38.9 Å². The molecule has 12 heteroatoms. The molecular formula is C42H52N4O8. The third-order valence-corrected chi connectivity index (χ3v) is 9.07. The van der Waals surface area contributed by atoms with E-state index in [0.717, 1.165) is 32.9 Å². The second-order valence-corrected chi connectivity index (χ2v) is 15.3. The zero-order valence-electron chi connectivity index (χ0n) is 32.4. The molecule has 288 valence electrons. The number of ether oxygens (including phenoxy) is 3. The average Bonchev–Trinajstić information content (AvgIpc) is 3.13. The van der Waals surface area contributed by atoms with Gasteiger partial charge in [-0.1, -0.05) is 48.5 Å². The highest BCUT2D eigenvalue weighted by molar-refractivity contribution is 6.09. The summed E-state index contributed by atoms with van der Waals surface area (Å²) in [5.41, 5.74) is 1.94. The Hall–Kier alpha value is -5.52. The molecule has 0 atom stereocenters. The first-order chi connectivity index (χ1) is 25.6. The topological polar surface area (TPSA) is 129 Å². The normalized spacial score (nSPS) is 15.0. The van der Waals surface area contributed by atoms with E-state index in [4.69, 9.17) is 14.2 Å². The number of hydrogen-bond donors (Lipinski definition) is 1. The van der Waals surface area contributed by atoms with E-state index in [-0.39, 0.29) is 18.2 Å². The lowest BCUT2D eigenvalue weighted by molar-refractivity contribution is 0.0230. The van der Waals surface area contributed by atoms with Crippen molar-refractivity contribution in [2.45, 2.75) is 59.7 Å². The molecule has 0 aromatic heterocycles. The van der Waals surface area contributed by atoms with Gasteiger partial charge in [0.15, 0.2) is 0 Å². The van der Waals surface area contributed by atoms with Crippen LogP contribution in [0.25, 0.3) is 21.5 Å². The zero-order chi connectivity index (χ0) is 39.2. The standard InChI is InChI=1S/C22H28N2O4.C20H24N2O4/c1-5-27-20(25)18-10-11-19(17-9-7-6-8-16(17)18)23-12-14-24(15-13-23)21(26)28-22(2,3)4;1-20(2,3)26-19(25)22-12-10-21(11-13-22)17-9-8-16(18(23)24)14-6-4-5-7-15(14)17/h6-11H,5,12-15H2,1-4H3;4-9H,10-13H2,1-3H3,(H,23,24). The summed E-state index contributed by atoms with van der Waals surface area (Å²) >= 11 is 0. The number of hydrogen-bond acceptors (Lipinski definition) is 9. The molecule has 0 saturated carbocycles. The fourth-order valence-corrected chi connectivity index (χ4v) is 6.60. The van der Waals surface area contributed by atoms with Gasteiger partial charge in [0, 0.05) is 74.5 Å². The first kappa shape index (κ1) is 39.7. The molecule has 2 fully saturated rings. The van der Waals surface area contributed by atoms with E-state index in [1.165, 1.54) is 0 Å². The van der Waals surface area contributed by atoms with Crippen LogP contribution in [0.1, 0.15) is 69.2 Å². The first-order valence-corrected chi connectivity index (χ1v) is 18.5. The third-order valence-electron chi connectivity index (χ3n) is 9.07. The van der Waals surface area contributed by atoms with Crippen molar-refractivity contribution < 1.29 is 38.5 Å². The Kier molecular flexibility index (Phi) is 12.2. The number of esters is 1. The lowest BCUT2D eigenvalue weighted by Crippen LogP contribution is -2.50. The fourth-order valence-electron chi connectivity index (χ4n) is 6.60. The number of carbonyl (C=O) groups excluding carboxylic acids is 3. The van der Waals surface area contributed by atoms with Crippen LogP contribution in [-0.2, 0) is 14.2 Å². The summed E-state index contributed by atoms with van der Waals surface area (Å²) in [5, 5.41) is 12.9. The van der Waals surface area contributed by atoms with Crippen molar-refractivity contribution in [3.63, 3.8) is 0 Å². The molecule has 2 amide bonds. The number of benzene rings is 4. The molecule has 2 saturated heterocycles. The van der Waals surface area contributed by atoms with Crippen LogP contribution < -0.4 is 9.80 Å². The molecule has 1 N–H and O–H groups in total. The maximum absolute atomic E-state index is 12.3. The Bertz CT molecular complexity index is 1980. The summed E-state index contributed by atoms with van der Waals surface area (Å²) in [6.45, 7) is 18.5. The maximum atomic E-state index is 12.3. The van der Waals surface area contributed by atoms with E-state index in [1.807, 2.05) is 108 Å². The van der Waals surface area contributed by atoms with E-state index in [9.17, 15) is 24.3 Å². The molecule has 0 aliphatic carbocycles. The van der Waals surface area contributed by atoms with Crippen molar-refractivity contribution in [3.05, 3.63) is 83.9 Å². The highest BCUT2D eigenvalue weighted by Gasteiger charge is 2.28. The van der Waals surface area contributed by atoms with Gasteiger partial charge in [-0.25, -0.2) is 19.2 Å². The molecule has 0 unspecified atom stereocenters. The number of carboxylic acids is 1. The Morgan fingerprint density at radius 1 is 0.556 bits per heavy atom. The summed E-state index contributed by atoms with van der Waals surface area (Å²) in [6, 6.07) is 22.7. The molecule has 2 heterocycles. The number of anilines is 2. The predicted molar refractivity (Wildman–Crippen MR) is 211 cm³/mol. The van der Waals surface area contributed by atoms with E-state index < -0.39 is 17.2 Å². The van der Waals surface area contributed by atoms with Crippen LogP contribution in [0.3, 0.4) is 0 Å². The number of aromatic carboxylic acids is 1. The second kappa shape index (κ2) is 16.7. The van der Waals surface area contributed by atoms with Crippen molar-refractivity contribution in [2.24, 2.45) is 0 Å². The van der Waals surface area contributed by atoms with Crippen LogP contribution >= 0.6 is 0 Å². The molecule has 6 rings (SSSR count). The van der Waals surface area contributed by atoms with Crippen molar-refractivity contribution in [2.75, 3.05) is 68.8 Å². The van der Waals surface area contributed by atoms with Gasteiger partial charge in [-0.2, -0.15) is 0 Å². The van der Waals surface area contributed by atoms with Gasteiger partial charge in [-0.05, 0) is 83.5 Å². The van der Waals surface area contributed by atoms with Gasteiger partial charge in [-0.15, -0.1) is 0 Å². The van der Waals surface area contributed by atoms with Crippen LogP contribution in [0.5, 0.6) is 0 Å². The summed E-state index contributed by atoms with van der Waals surface area (Å²) < 4.78 is 16.1. The molecule has 0 radical (unpaired) electrons. The number of carboxylic acid groups (broad SMARTS) is 1. The Balaban J connectivity index is 0.000000208. The fraction of sp³-hybridized carbons (Fsp3) is 0.429. The monoisotopic (exact) mass is 740 g/mol. The summed E-state index contributed by atoms with van der Waals surface area (Å²) in [6.07, 6.45) is -0.557. The third kappa shape index (κ3) is 9.71. The van der Waals surface area contributed by atoms with Gasteiger partial charge in [-0.3, -0.25) is 0 Å². The molecule has 2 aliphatic heterocycles.